The smallest absolute Gasteiger partial charge is 0.254 e. The first kappa shape index (κ1) is 15.9. The van der Waals surface area contributed by atoms with E-state index in [2.05, 4.69) is 15.2 Å². The van der Waals surface area contributed by atoms with Crippen molar-refractivity contribution in [2.45, 2.75) is 18.9 Å². The number of hydrogen-bond donors (Lipinski definition) is 1. The van der Waals surface area contributed by atoms with E-state index in [4.69, 9.17) is 0 Å². The number of nitrogens with one attached hydrogen (secondary N) is 1. The number of anilines is 1. The van der Waals surface area contributed by atoms with Crippen LogP contribution < -0.4 is 10.2 Å². The second kappa shape index (κ2) is 7.09. The lowest BCUT2D eigenvalue weighted by Crippen LogP contribution is -2.28. The summed E-state index contributed by atoms with van der Waals surface area (Å²) in [6.45, 7) is 1.95. The number of amides is 1. The zero-order valence-electron chi connectivity index (χ0n) is 13.1. The first-order chi connectivity index (χ1) is 11.7. The van der Waals surface area contributed by atoms with Gasteiger partial charge in [0.1, 0.15) is 17.7 Å². The lowest BCUT2D eigenvalue weighted by molar-refractivity contribution is 0.0944. The van der Waals surface area contributed by atoms with Crippen molar-refractivity contribution < 1.29 is 9.18 Å². The van der Waals surface area contributed by atoms with Gasteiger partial charge in [0, 0.05) is 24.8 Å². The van der Waals surface area contributed by atoms with Crippen molar-refractivity contribution in [3.63, 3.8) is 0 Å². The van der Waals surface area contributed by atoms with Gasteiger partial charge in [-0.25, -0.2) is 9.37 Å². The Labute approximate surface area is 139 Å². The Kier molecular flexibility index (Phi) is 4.71. The first-order valence-electron chi connectivity index (χ1n) is 7.85. The number of aromatic nitrogens is 1. The zero-order chi connectivity index (χ0) is 16.9. The van der Waals surface area contributed by atoms with Crippen molar-refractivity contribution in [3.05, 3.63) is 59.5 Å². The van der Waals surface area contributed by atoms with E-state index >= 15 is 0 Å². The van der Waals surface area contributed by atoms with Crippen molar-refractivity contribution in [1.82, 2.24) is 10.3 Å². The highest BCUT2D eigenvalue weighted by atomic mass is 19.1. The van der Waals surface area contributed by atoms with Crippen LogP contribution in [0.1, 0.15) is 34.8 Å². The van der Waals surface area contributed by atoms with Crippen LogP contribution in [0.2, 0.25) is 0 Å². The Morgan fingerprint density at radius 1 is 1.25 bits per heavy atom. The van der Waals surface area contributed by atoms with E-state index in [9.17, 15) is 14.4 Å². The van der Waals surface area contributed by atoms with Gasteiger partial charge < -0.3 is 10.2 Å². The SMILES string of the molecule is N#C[C@@H](NC(=O)c1ccc(N2CCCC2)nc1)c1ccccc1F. The van der Waals surface area contributed by atoms with Gasteiger partial charge in [-0.15, -0.1) is 0 Å². The molecule has 122 valence electrons. The van der Waals surface area contributed by atoms with E-state index in [-0.39, 0.29) is 5.56 Å². The fraction of sp³-hybridized carbons (Fsp3) is 0.278. The van der Waals surface area contributed by atoms with Gasteiger partial charge in [0.2, 0.25) is 0 Å². The number of carbonyl (C=O) groups excluding carboxylic acids is 1. The Morgan fingerprint density at radius 2 is 2.00 bits per heavy atom. The molecule has 0 bridgehead atoms. The number of nitriles is 1. The third kappa shape index (κ3) is 3.35. The van der Waals surface area contributed by atoms with Gasteiger partial charge in [-0.3, -0.25) is 4.79 Å². The molecule has 2 heterocycles. The maximum Gasteiger partial charge on any atom is 0.254 e. The quantitative estimate of drug-likeness (QED) is 0.939. The molecule has 5 nitrogen and oxygen atoms in total. The summed E-state index contributed by atoms with van der Waals surface area (Å²) in [5, 5.41) is 11.8. The topological polar surface area (TPSA) is 69.0 Å². The number of hydrogen-bond acceptors (Lipinski definition) is 4. The molecule has 3 rings (SSSR count). The van der Waals surface area contributed by atoms with Crippen LogP contribution >= 0.6 is 0 Å². The van der Waals surface area contributed by atoms with E-state index in [1.54, 1.807) is 18.2 Å². The molecule has 0 radical (unpaired) electrons. The molecule has 0 unspecified atom stereocenters. The number of rotatable bonds is 4. The summed E-state index contributed by atoms with van der Waals surface area (Å²) in [4.78, 5) is 18.8. The summed E-state index contributed by atoms with van der Waals surface area (Å²) in [7, 11) is 0. The molecule has 24 heavy (non-hydrogen) atoms. The van der Waals surface area contributed by atoms with E-state index < -0.39 is 17.8 Å². The molecule has 1 fully saturated rings. The monoisotopic (exact) mass is 324 g/mol. The molecule has 1 amide bonds. The van der Waals surface area contributed by atoms with Crippen LogP contribution in [0.3, 0.4) is 0 Å². The number of nitrogens with zero attached hydrogens (tertiary/aromatic N) is 3. The van der Waals surface area contributed by atoms with Crippen LogP contribution in [-0.4, -0.2) is 24.0 Å². The van der Waals surface area contributed by atoms with Crippen LogP contribution in [-0.2, 0) is 0 Å². The van der Waals surface area contributed by atoms with Gasteiger partial charge in [-0.2, -0.15) is 5.26 Å². The van der Waals surface area contributed by atoms with E-state index in [0.29, 0.717) is 5.56 Å². The van der Waals surface area contributed by atoms with E-state index in [1.807, 2.05) is 6.07 Å². The highest BCUT2D eigenvalue weighted by Gasteiger charge is 2.19. The normalized spacial score (nSPS) is 14.9. The number of halogens is 1. The van der Waals surface area contributed by atoms with Crippen LogP contribution in [0, 0.1) is 17.1 Å². The molecule has 0 saturated carbocycles. The van der Waals surface area contributed by atoms with Crippen LogP contribution in [0.5, 0.6) is 0 Å². The van der Waals surface area contributed by atoms with Gasteiger partial charge in [-0.05, 0) is 31.0 Å². The Bertz CT molecular complexity index is 763. The molecule has 0 aliphatic carbocycles. The zero-order valence-corrected chi connectivity index (χ0v) is 13.1. The molecule has 1 atom stereocenters. The van der Waals surface area contributed by atoms with Gasteiger partial charge in [-0.1, -0.05) is 18.2 Å². The summed E-state index contributed by atoms with van der Waals surface area (Å²) in [5.41, 5.74) is 0.490. The average molecular weight is 324 g/mol. The predicted octanol–water partition coefficient (Wildman–Crippen LogP) is 2.82. The molecule has 1 saturated heterocycles. The summed E-state index contributed by atoms with van der Waals surface area (Å²) >= 11 is 0. The largest absolute Gasteiger partial charge is 0.357 e. The second-order valence-electron chi connectivity index (χ2n) is 5.66. The number of benzene rings is 1. The molecule has 2 aromatic rings. The van der Waals surface area contributed by atoms with Gasteiger partial charge in [0.15, 0.2) is 0 Å². The van der Waals surface area contributed by atoms with Gasteiger partial charge in [0.05, 0.1) is 11.6 Å². The van der Waals surface area contributed by atoms with E-state index in [0.717, 1.165) is 31.7 Å². The molecular formula is C18H17FN4O. The highest BCUT2D eigenvalue weighted by molar-refractivity contribution is 5.94. The molecule has 1 aliphatic rings. The standard InChI is InChI=1S/C18H17FN4O/c19-15-6-2-1-5-14(15)16(11-20)22-18(24)13-7-8-17(21-12-13)23-9-3-4-10-23/h1-2,5-8,12,16H,3-4,9-10H2,(H,22,24)/t16-/m1/s1. The van der Waals surface area contributed by atoms with Crippen molar-refractivity contribution in [2.24, 2.45) is 0 Å². The van der Waals surface area contributed by atoms with Crippen LogP contribution in [0.4, 0.5) is 10.2 Å². The molecule has 0 spiro atoms. The minimum absolute atomic E-state index is 0.148. The molecular weight excluding hydrogens is 307 g/mol. The van der Waals surface area contributed by atoms with Crippen LogP contribution in [0.25, 0.3) is 0 Å². The maximum absolute atomic E-state index is 13.8. The van der Waals surface area contributed by atoms with E-state index in [1.165, 1.54) is 24.4 Å². The number of carbonyl (C=O) groups is 1. The lowest BCUT2D eigenvalue weighted by Gasteiger charge is -2.16. The molecule has 1 aromatic heterocycles. The fourth-order valence-electron chi connectivity index (χ4n) is 2.76. The molecule has 6 heteroatoms. The first-order valence-corrected chi connectivity index (χ1v) is 7.85. The Hall–Kier alpha value is -2.94. The summed E-state index contributed by atoms with van der Waals surface area (Å²) in [6.07, 6.45) is 3.78. The maximum atomic E-state index is 13.8. The van der Waals surface area contributed by atoms with Gasteiger partial charge in [0.25, 0.3) is 5.91 Å². The fourth-order valence-corrected chi connectivity index (χ4v) is 2.76. The van der Waals surface area contributed by atoms with Crippen LogP contribution in [0.15, 0.2) is 42.6 Å². The summed E-state index contributed by atoms with van der Waals surface area (Å²) in [6, 6.07) is 10.3. The Balaban J connectivity index is 1.72. The van der Waals surface area contributed by atoms with Crippen molar-refractivity contribution in [3.8, 4) is 6.07 Å². The lowest BCUT2D eigenvalue weighted by atomic mass is 10.1. The molecule has 1 N–H and O–H groups in total. The highest BCUT2D eigenvalue weighted by Crippen LogP contribution is 2.19. The van der Waals surface area contributed by atoms with Crippen molar-refractivity contribution >= 4 is 11.7 Å². The van der Waals surface area contributed by atoms with Crippen molar-refractivity contribution in [2.75, 3.05) is 18.0 Å². The minimum atomic E-state index is -1.04. The third-order valence-electron chi connectivity index (χ3n) is 4.06. The molecule has 1 aliphatic heterocycles. The predicted molar refractivity (Wildman–Crippen MR) is 87.9 cm³/mol. The third-order valence-corrected chi connectivity index (χ3v) is 4.06. The molecule has 1 aromatic carbocycles. The summed E-state index contributed by atoms with van der Waals surface area (Å²) in [5.74, 6) is -0.132. The number of pyridine rings is 1. The van der Waals surface area contributed by atoms with Gasteiger partial charge >= 0.3 is 0 Å². The minimum Gasteiger partial charge on any atom is -0.357 e. The Morgan fingerprint density at radius 3 is 2.62 bits per heavy atom. The van der Waals surface area contributed by atoms with Crippen molar-refractivity contribution in [1.29, 1.82) is 5.26 Å². The average Bonchev–Trinajstić information content (AvgIpc) is 3.15. The summed E-state index contributed by atoms with van der Waals surface area (Å²) < 4.78 is 13.8. The second-order valence-corrected chi connectivity index (χ2v) is 5.66.